The minimum absolute atomic E-state index is 0.0503. The molecule has 1 heterocycles. The van der Waals surface area contributed by atoms with E-state index in [9.17, 15) is 9.90 Å². The number of aliphatic hydroxyl groups is 1. The number of hydrogen-bond acceptors (Lipinski definition) is 3. The Morgan fingerprint density at radius 2 is 1.91 bits per heavy atom. The van der Waals surface area contributed by atoms with Crippen LogP contribution >= 0.6 is 0 Å². The van der Waals surface area contributed by atoms with E-state index in [2.05, 4.69) is 29.4 Å². The van der Waals surface area contributed by atoms with Crippen LogP contribution in [0.5, 0.6) is 0 Å². The molecule has 0 aromatic carbocycles. The molecule has 0 aromatic rings. The molecule has 0 spiro atoms. The standard InChI is InChI=1S/C18H35N3O2/c1-15(2)5-10-21-11-6-16(7-12-21)13-19-17(23)20-18(14-22)8-3-4-9-18/h15-16,22H,3-14H2,1-2H3,(H2,19,20,23). The van der Waals surface area contributed by atoms with Crippen LogP contribution < -0.4 is 10.6 Å². The van der Waals surface area contributed by atoms with Gasteiger partial charge in [-0.05, 0) is 63.6 Å². The molecule has 2 aliphatic rings. The second-order valence-electron chi connectivity index (χ2n) is 7.95. The Bertz CT molecular complexity index is 359. The lowest BCUT2D eigenvalue weighted by molar-refractivity contribution is 0.157. The largest absolute Gasteiger partial charge is 0.394 e. The molecule has 1 aliphatic carbocycles. The molecule has 0 radical (unpaired) electrons. The van der Waals surface area contributed by atoms with Crippen LogP contribution in [0.4, 0.5) is 4.79 Å². The lowest BCUT2D eigenvalue weighted by Crippen LogP contribution is -2.53. The number of carbonyl (C=O) groups is 1. The van der Waals surface area contributed by atoms with Crippen LogP contribution in [0.3, 0.4) is 0 Å². The van der Waals surface area contributed by atoms with Crippen LogP contribution in [0, 0.1) is 11.8 Å². The second-order valence-corrected chi connectivity index (χ2v) is 7.95. The van der Waals surface area contributed by atoms with Crippen LogP contribution in [-0.2, 0) is 0 Å². The third-order valence-corrected chi connectivity index (χ3v) is 5.52. The van der Waals surface area contributed by atoms with Gasteiger partial charge >= 0.3 is 6.03 Å². The first-order valence-electron chi connectivity index (χ1n) is 9.42. The van der Waals surface area contributed by atoms with Gasteiger partial charge < -0.3 is 20.6 Å². The van der Waals surface area contributed by atoms with Gasteiger partial charge in [0.1, 0.15) is 0 Å². The third-order valence-electron chi connectivity index (χ3n) is 5.52. The fourth-order valence-corrected chi connectivity index (χ4v) is 3.75. The molecule has 2 fully saturated rings. The van der Waals surface area contributed by atoms with Crippen LogP contribution in [0.2, 0.25) is 0 Å². The zero-order valence-electron chi connectivity index (χ0n) is 14.9. The number of hydrogen-bond donors (Lipinski definition) is 3. The van der Waals surface area contributed by atoms with Crippen molar-refractivity contribution in [3.8, 4) is 0 Å². The summed E-state index contributed by atoms with van der Waals surface area (Å²) in [6.45, 7) is 8.87. The fourth-order valence-electron chi connectivity index (χ4n) is 3.75. The molecule has 1 aliphatic heterocycles. The Balaban J connectivity index is 1.62. The van der Waals surface area contributed by atoms with Gasteiger partial charge in [-0.25, -0.2) is 4.79 Å². The maximum absolute atomic E-state index is 12.1. The van der Waals surface area contributed by atoms with Crippen molar-refractivity contribution in [1.82, 2.24) is 15.5 Å². The average Bonchev–Trinajstić information content (AvgIpc) is 3.01. The number of likely N-dealkylation sites (tertiary alicyclic amines) is 1. The van der Waals surface area contributed by atoms with E-state index in [-0.39, 0.29) is 18.2 Å². The van der Waals surface area contributed by atoms with Crippen LogP contribution in [-0.4, -0.2) is 54.4 Å². The number of amides is 2. The van der Waals surface area contributed by atoms with Crippen molar-refractivity contribution < 1.29 is 9.90 Å². The summed E-state index contributed by atoms with van der Waals surface area (Å²) in [6, 6.07) is -0.108. The summed E-state index contributed by atoms with van der Waals surface area (Å²) in [4.78, 5) is 14.7. The first-order chi connectivity index (χ1) is 11.0. The van der Waals surface area contributed by atoms with E-state index >= 15 is 0 Å². The van der Waals surface area contributed by atoms with E-state index in [1.807, 2.05) is 0 Å². The zero-order valence-corrected chi connectivity index (χ0v) is 14.9. The maximum atomic E-state index is 12.1. The van der Waals surface area contributed by atoms with Crippen LogP contribution in [0.25, 0.3) is 0 Å². The van der Waals surface area contributed by atoms with Crippen molar-refractivity contribution in [3.63, 3.8) is 0 Å². The number of urea groups is 1. The highest BCUT2D eigenvalue weighted by atomic mass is 16.3. The zero-order chi connectivity index (χ0) is 16.7. The first kappa shape index (κ1) is 18.5. The molecule has 23 heavy (non-hydrogen) atoms. The quantitative estimate of drug-likeness (QED) is 0.673. The number of carbonyl (C=O) groups excluding carboxylic acids is 1. The molecular weight excluding hydrogens is 290 g/mol. The number of nitrogens with zero attached hydrogens (tertiary/aromatic N) is 1. The van der Waals surface area contributed by atoms with Gasteiger partial charge in [-0.3, -0.25) is 0 Å². The van der Waals surface area contributed by atoms with Crippen molar-refractivity contribution >= 4 is 6.03 Å². The van der Waals surface area contributed by atoms with E-state index < -0.39 is 0 Å². The smallest absolute Gasteiger partial charge is 0.315 e. The highest BCUT2D eigenvalue weighted by Gasteiger charge is 2.34. The predicted molar refractivity (Wildman–Crippen MR) is 93.4 cm³/mol. The summed E-state index contributed by atoms with van der Waals surface area (Å²) >= 11 is 0. The summed E-state index contributed by atoms with van der Waals surface area (Å²) in [5.41, 5.74) is -0.371. The molecule has 134 valence electrons. The van der Waals surface area contributed by atoms with E-state index in [4.69, 9.17) is 0 Å². The van der Waals surface area contributed by atoms with Crippen molar-refractivity contribution in [3.05, 3.63) is 0 Å². The van der Waals surface area contributed by atoms with Crippen molar-refractivity contribution in [1.29, 1.82) is 0 Å². The van der Waals surface area contributed by atoms with Gasteiger partial charge in [0.25, 0.3) is 0 Å². The minimum atomic E-state index is -0.371. The van der Waals surface area contributed by atoms with Gasteiger partial charge in [-0.1, -0.05) is 26.7 Å². The molecule has 5 heteroatoms. The SMILES string of the molecule is CC(C)CCN1CCC(CNC(=O)NC2(CO)CCCC2)CC1. The van der Waals surface area contributed by atoms with E-state index in [0.29, 0.717) is 5.92 Å². The van der Waals surface area contributed by atoms with Crippen LogP contribution in [0.1, 0.15) is 58.8 Å². The monoisotopic (exact) mass is 325 g/mol. The van der Waals surface area contributed by atoms with E-state index in [0.717, 1.165) is 51.2 Å². The number of nitrogens with one attached hydrogen (secondary N) is 2. The average molecular weight is 325 g/mol. The van der Waals surface area contributed by atoms with Gasteiger partial charge in [-0.15, -0.1) is 0 Å². The minimum Gasteiger partial charge on any atom is -0.394 e. The molecular formula is C18H35N3O2. The van der Waals surface area contributed by atoms with Gasteiger partial charge in [0.15, 0.2) is 0 Å². The Labute approximate surface area is 141 Å². The molecule has 1 saturated carbocycles. The van der Waals surface area contributed by atoms with Gasteiger partial charge in [-0.2, -0.15) is 0 Å². The van der Waals surface area contributed by atoms with Crippen molar-refractivity contribution in [2.75, 3.05) is 32.8 Å². The summed E-state index contributed by atoms with van der Waals surface area (Å²) in [5, 5.41) is 15.6. The number of piperidine rings is 1. The molecule has 0 bridgehead atoms. The van der Waals surface area contributed by atoms with E-state index in [1.54, 1.807) is 0 Å². The van der Waals surface area contributed by atoms with Gasteiger partial charge in [0, 0.05) is 6.54 Å². The predicted octanol–water partition coefficient (Wildman–Crippen LogP) is 2.35. The molecule has 0 unspecified atom stereocenters. The van der Waals surface area contributed by atoms with Crippen LogP contribution in [0.15, 0.2) is 0 Å². The number of aliphatic hydroxyl groups excluding tert-OH is 1. The molecule has 0 aromatic heterocycles. The Morgan fingerprint density at radius 3 is 2.48 bits per heavy atom. The fraction of sp³-hybridized carbons (Fsp3) is 0.944. The van der Waals surface area contributed by atoms with Gasteiger partial charge in [0.2, 0.25) is 0 Å². The normalized spacial score (nSPS) is 22.4. The van der Waals surface area contributed by atoms with Crippen molar-refractivity contribution in [2.24, 2.45) is 11.8 Å². The summed E-state index contributed by atoms with van der Waals surface area (Å²) < 4.78 is 0. The lowest BCUT2D eigenvalue weighted by Gasteiger charge is -2.33. The highest BCUT2D eigenvalue weighted by Crippen LogP contribution is 2.29. The molecule has 1 saturated heterocycles. The Morgan fingerprint density at radius 1 is 1.26 bits per heavy atom. The molecule has 2 rings (SSSR count). The lowest BCUT2D eigenvalue weighted by atomic mass is 9.96. The Kier molecular flexibility index (Phi) is 7.15. The Hall–Kier alpha value is -0.810. The van der Waals surface area contributed by atoms with Crippen molar-refractivity contribution in [2.45, 2.75) is 64.3 Å². The topological polar surface area (TPSA) is 64.6 Å². The first-order valence-corrected chi connectivity index (χ1v) is 9.42. The summed E-state index contributed by atoms with van der Waals surface area (Å²) in [7, 11) is 0. The molecule has 2 amide bonds. The summed E-state index contributed by atoms with van der Waals surface area (Å²) in [5.74, 6) is 1.36. The summed E-state index contributed by atoms with van der Waals surface area (Å²) in [6.07, 6.45) is 7.59. The highest BCUT2D eigenvalue weighted by molar-refractivity contribution is 5.74. The maximum Gasteiger partial charge on any atom is 0.315 e. The number of rotatable bonds is 7. The third kappa shape index (κ3) is 5.96. The van der Waals surface area contributed by atoms with Gasteiger partial charge in [0.05, 0.1) is 12.1 Å². The second kappa shape index (κ2) is 8.88. The molecule has 3 N–H and O–H groups in total. The molecule has 0 atom stereocenters. The molecule has 5 nitrogen and oxygen atoms in total. The van der Waals surface area contributed by atoms with E-state index in [1.165, 1.54) is 25.8 Å².